The Kier molecular flexibility index (Phi) is 5.92. The van der Waals surface area contributed by atoms with Crippen molar-refractivity contribution in [2.24, 2.45) is 0 Å². The molecule has 4 rings (SSSR count). The minimum atomic E-state index is -0.0601. The van der Waals surface area contributed by atoms with Crippen LogP contribution in [0.15, 0.2) is 12.4 Å². The van der Waals surface area contributed by atoms with Crippen LogP contribution in [0.25, 0.3) is 0 Å². The maximum atomic E-state index is 9.05. The van der Waals surface area contributed by atoms with Gasteiger partial charge in [-0.15, -0.1) is 0 Å². The molecule has 0 bridgehead atoms. The van der Waals surface area contributed by atoms with Crippen molar-refractivity contribution >= 4 is 5.95 Å². The number of aromatic nitrogens is 2. The van der Waals surface area contributed by atoms with E-state index in [1.54, 1.807) is 0 Å². The molecular formula is C20H32N4O3. The largest absolute Gasteiger partial charge is 0.394 e. The summed E-state index contributed by atoms with van der Waals surface area (Å²) in [6, 6.07) is 0.346. The summed E-state index contributed by atoms with van der Waals surface area (Å²) in [5.41, 5.74) is 1.10. The maximum Gasteiger partial charge on any atom is 0.225 e. The molecule has 7 heteroatoms. The third kappa shape index (κ3) is 3.97. The molecule has 3 heterocycles. The average Bonchev–Trinajstić information content (AvgIpc) is 3.36. The molecule has 3 aliphatic rings. The highest BCUT2D eigenvalue weighted by atomic mass is 16.5. The smallest absolute Gasteiger partial charge is 0.225 e. The highest BCUT2D eigenvalue weighted by molar-refractivity contribution is 5.31. The van der Waals surface area contributed by atoms with E-state index in [0.29, 0.717) is 12.6 Å². The van der Waals surface area contributed by atoms with Crippen LogP contribution in [0.5, 0.6) is 0 Å². The topological polar surface area (TPSA) is 71.0 Å². The summed E-state index contributed by atoms with van der Waals surface area (Å²) in [6.45, 7) is 4.52. The van der Waals surface area contributed by atoms with Crippen LogP contribution >= 0.6 is 0 Å². The third-order valence-electron chi connectivity index (χ3n) is 6.56. The van der Waals surface area contributed by atoms with Gasteiger partial charge in [0.05, 0.1) is 24.9 Å². The fourth-order valence-corrected chi connectivity index (χ4v) is 5.06. The zero-order chi connectivity index (χ0) is 18.7. The van der Waals surface area contributed by atoms with Crippen molar-refractivity contribution in [3.05, 3.63) is 18.0 Å². The van der Waals surface area contributed by atoms with Crippen LogP contribution in [-0.4, -0.2) is 77.7 Å². The highest BCUT2D eigenvalue weighted by Gasteiger charge is 2.51. The van der Waals surface area contributed by atoms with Gasteiger partial charge in [-0.05, 0) is 38.5 Å². The number of hydrogen-bond donors (Lipinski definition) is 1. The van der Waals surface area contributed by atoms with Crippen molar-refractivity contribution in [1.82, 2.24) is 14.9 Å². The molecule has 1 saturated carbocycles. The van der Waals surface area contributed by atoms with Crippen LogP contribution in [0, 0.1) is 0 Å². The average molecular weight is 377 g/mol. The van der Waals surface area contributed by atoms with Crippen LogP contribution in [-0.2, 0) is 16.0 Å². The summed E-state index contributed by atoms with van der Waals surface area (Å²) >= 11 is 0. The molecule has 0 amide bonds. The summed E-state index contributed by atoms with van der Waals surface area (Å²) in [6.07, 6.45) is 10.7. The second-order valence-corrected chi connectivity index (χ2v) is 8.08. The predicted octanol–water partition coefficient (Wildman–Crippen LogP) is 1.60. The first-order valence-electron chi connectivity index (χ1n) is 10.3. The van der Waals surface area contributed by atoms with E-state index in [0.717, 1.165) is 63.4 Å². The molecule has 1 aliphatic carbocycles. The number of hydrogen-bond acceptors (Lipinski definition) is 7. The van der Waals surface area contributed by atoms with Crippen LogP contribution in [0.3, 0.4) is 0 Å². The SMILES string of the molecule is CO[C@@]12CC[C@H](OCCO)C[C@@H]1N(Cc1cnc(N3CCCC3)nc1)CC2. The standard InChI is InChI=1S/C20H32N4O3/c1-26-20-5-4-17(27-11-10-25)12-18(20)24(9-6-20)15-16-13-21-19(22-14-16)23-7-2-3-8-23/h13-14,17-18,25H,2-12,15H2,1H3/t17-,18-,20+/m0/s1. The second-order valence-electron chi connectivity index (χ2n) is 8.08. The first-order valence-corrected chi connectivity index (χ1v) is 10.3. The summed E-state index contributed by atoms with van der Waals surface area (Å²) in [7, 11) is 1.85. The Morgan fingerprint density at radius 2 is 1.96 bits per heavy atom. The van der Waals surface area contributed by atoms with Crippen molar-refractivity contribution in [2.45, 2.75) is 62.8 Å². The first kappa shape index (κ1) is 19.1. The van der Waals surface area contributed by atoms with Crippen LogP contribution in [0.2, 0.25) is 0 Å². The second kappa shape index (κ2) is 8.39. The molecule has 2 aliphatic heterocycles. The van der Waals surface area contributed by atoms with E-state index in [1.807, 2.05) is 19.5 Å². The molecule has 0 unspecified atom stereocenters. The molecule has 0 aromatic carbocycles. The van der Waals surface area contributed by atoms with E-state index >= 15 is 0 Å². The van der Waals surface area contributed by atoms with Gasteiger partial charge in [0.1, 0.15) is 0 Å². The minimum absolute atomic E-state index is 0.0601. The number of aliphatic hydroxyl groups is 1. The van der Waals surface area contributed by atoms with Crippen LogP contribution in [0.1, 0.15) is 44.1 Å². The fourth-order valence-electron chi connectivity index (χ4n) is 5.06. The molecule has 1 aromatic rings. The Morgan fingerprint density at radius 3 is 2.67 bits per heavy atom. The molecule has 7 nitrogen and oxygen atoms in total. The molecule has 3 fully saturated rings. The summed E-state index contributed by atoms with van der Waals surface area (Å²) in [5, 5.41) is 9.05. The van der Waals surface area contributed by atoms with E-state index in [1.165, 1.54) is 12.8 Å². The number of anilines is 1. The van der Waals surface area contributed by atoms with Crippen molar-refractivity contribution in [1.29, 1.82) is 0 Å². The van der Waals surface area contributed by atoms with Gasteiger partial charge < -0.3 is 19.5 Å². The predicted molar refractivity (Wildman–Crippen MR) is 103 cm³/mol. The summed E-state index contributed by atoms with van der Waals surface area (Å²) in [4.78, 5) is 14.0. The molecule has 150 valence electrons. The Hall–Kier alpha value is -1.28. The number of aliphatic hydroxyl groups excluding tert-OH is 1. The summed E-state index contributed by atoms with van der Waals surface area (Å²) in [5.74, 6) is 0.860. The maximum absolute atomic E-state index is 9.05. The van der Waals surface area contributed by atoms with Gasteiger partial charge in [0.2, 0.25) is 5.95 Å². The lowest BCUT2D eigenvalue weighted by Crippen LogP contribution is -2.51. The fraction of sp³-hybridized carbons (Fsp3) is 0.800. The van der Waals surface area contributed by atoms with E-state index < -0.39 is 0 Å². The van der Waals surface area contributed by atoms with Gasteiger partial charge in [-0.25, -0.2) is 9.97 Å². The zero-order valence-corrected chi connectivity index (χ0v) is 16.3. The van der Waals surface area contributed by atoms with Gasteiger partial charge in [0, 0.05) is 57.3 Å². The van der Waals surface area contributed by atoms with Crippen LogP contribution < -0.4 is 4.90 Å². The molecule has 2 saturated heterocycles. The van der Waals surface area contributed by atoms with Gasteiger partial charge in [-0.2, -0.15) is 0 Å². The number of nitrogens with zero attached hydrogens (tertiary/aromatic N) is 4. The summed E-state index contributed by atoms with van der Waals surface area (Å²) < 4.78 is 11.9. The molecule has 3 atom stereocenters. The number of fused-ring (bicyclic) bond motifs is 1. The van der Waals surface area contributed by atoms with Gasteiger partial charge in [0.25, 0.3) is 0 Å². The Morgan fingerprint density at radius 1 is 1.19 bits per heavy atom. The molecular weight excluding hydrogens is 344 g/mol. The van der Waals surface area contributed by atoms with Gasteiger partial charge in [-0.1, -0.05) is 0 Å². The van der Waals surface area contributed by atoms with Crippen molar-refractivity contribution in [2.75, 3.05) is 44.9 Å². The lowest BCUT2D eigenvalue weighted by Gasteiger charge is -2.43. The molecule has 1 aromatic heterocycles. The van der Waals surface area contributed by atoms with E-state index in [9.17, 15) is 0 Å². The monoisotopic (exact) mass is 376 g/mol. The number of likely N-dealkylation sites (tertiary alicyclic amines) is 1. The van der Waals surface area contributed by atoms with E-state index in [2.05, 4.69) is 19.8 Å². The van der Waals surface area contributed by atoms with Crippen LogP contribution in [0.4, 0.5) is 5.95 Å². The van der Waals surface area contributed by atoms with Crippen molar-refractivity contribution in [3.63, 3.8) is 0 Å². The lowest BCUT2D eigenvalue weighted by atomic mass is 9.79. The van der Waals surface area contributed by atoms with Gasteiger partial charge in [-0.3, -0.25) is 4.90 Å². The highest BCUT2D eigenvalue weighted by Crippen LogP contribution is 2.43. The van der Waals surface area contributed by atoms with Gasteiger partial charge >= 0.3 is 0 Å². The minimum Gasteiger partial charge on any atom is -0.394 e. The Labute approximate surface area is 161 Å². The van der Waals surface area contributed by atoms with E-state index in [4.69, 9.17) is 14.6 Å². The van der Waals surface area contributed by atoms with Crippen molar-refractivity contribution in [3.8, 4) is 0 Å². The third-order valence-corrected chi connectivity index (χ3v) is 6.56. The molecule has 27 heavy (non-hydrogen) atoms. The van der Waals surface area contributed by atoms with Crippen molar-refractivity contribution < 1.29 is 14.6 Å². The van der Waals surface area contributed by atoms with E-state index in [-0.39, 0.29) is 18.3 Å². The molecule has 0 spiro atoms. The quantitative estimate of drug-likeness (QED) is 0.775. The van der Waals surface area contributed by atoms with Gasteiger partial charge in [0.15, 0.2) is 0 Å². The lowest BCUT2D eigenvalue weighted by molar-refractivity contribution is -0.104. The zero-order valence-electron chi connectivity index (χ0n) is 16.3. The Bertz CT molecular complexity index is 608. The Balaban J connectivity index is 1.41. The first-order chi connectivity index (χ1) is 13.2. The molecule has 1 N–H and O–H groups in total. The number of rotatable bonds is 7. The normalized spacial score (nSPS) is 31.4. The molecule has 0 radical (unpaired) electrons. The number of methoxy groups -OCH3 is 1. The number of ether oxygens (including phenoxy) is 2.